The van der Waals surface area contributed by atoms with Crippen LogP contribution in [0.1, 0.15) is 25.7 Å². The average Bonchev–Trinajstić information content (AvgIpc) is 2.93. The van der Waals surface area contributed by atoms with Crippen molar-refractivity contribution in [2.24, 2.45) is 18.9 Å². The molecule has 0 aliphatic carbocycles. The minimum atomic E-state index is -0.00430. The first kappa shape index (κ1) is 14.4. The Bertz CT molecular complexity index is 482. The van der Waals surface area contributed by atoms with E-state index in [0.717, 1.165) is 51.4 Å². The van der Waals surface area contributed by atoms with Crippen LogP contribution in [0.4, 0.5) is 10.6 Å². The molecule has 2 aliphatic rings. The first-order valence-corrected chi connectivity index (χ1v) is 7.85. The van der Waals surface area contributed by atoms with Gasteiger partial charge in [-0.3, -0.25) is 10.00 Å². The molecule has 1 aromatic heterocycles. The number of carbonyl (C=O) groups is 1. The SMILES string of the molecule is Cn1nccc1NC(=O)N1CCCC(C2CCOCC2)C1. The molecule has 1 aromatic rings. The minimum Gasteiger partial charge on any atom is -0.381 e. The molecule has 1 N–H and O–H groups in total. The molecule has 1 unspecified atom stereocenters. The molecule has 0 saturated carbocycles. The molecule has 6 heteroatoms. The van der Waals surface area contributed by atoms with Crippen molar-refractivity contribution in [1.29, 1.82) is 0 Å². The fraction of sp³-hybridized carbons (Fsp3) is 0.733. The lowest BCUT2D eigenvalue weighted by Gasteiger charge is -2.38. The maximum absolute atomic E-state index is 12.4. The van der Waals surface area contributed by atoms with E-state index in [2.05, 4.69) is 10.4 Å². The van der Waals surface area contributed by atoms with E-state index >= 15 is 0 Å². The quantitative estimate of drug-likeness (QED) is 0.908. The van der Waals surface area contributed by atoms with Gasteiger partial charge in [0.1, 0.15) is 5.82 Å². The molecule has 0 aromatic carbocycles. The Kier molecular flexibility index (Phi) is 4.43. The van der Waals surface area contributed by atoms with E-state index in [0.29, 0.717) is 11.8 Å². The fourth-order valence-electron chi connectivity index (χ4n) is 3.45. The van der Waals surface area contributed by atoms with Crippen molar-refractivity contribution in [2.75, 3.05) is 31.6 Å². The minimum absolute atomic E-state index is 0.00430. The summed E-state index contributed by atoms with van der Waals surface area (Å²) < 4.78 is 7.12. The van der Waals surface area contributed by atoms with Gasteiger partial charge in [0.2, 0.25) is 0 Å². The largest absolute Gasteiger partial charge is 0.381 e. The molecule has 6 nitrogen and oxygen atoms in total. The summed E-state index contributed by atoms with van der Waals surface area (Å²) in [6.45, 7) is 3.47. The van der Waals surface area contributed by atoms with Crippen LogP contribution in [-0.4, -0.2) is 47.0 Å². The van der Waals surface area contributed by atoms with E-state index < -0.39 is 0 Å². The van der Waals surface area contributed by atoms with Crippen molar-refractivity contribution in [3.8, 4) is 0 Å². The molecule has 2 fully saturated rings. The molecule has 0 bridgehead atoms. The zero-order chi connectivity index (χ0) is 14.7. The van der Waals surface area contributed by atoms with Crippen molar-refractivity contribution in [3.63, 3.8) is 0 Å². The molecule has 1 atom stereocenters. The van der Waals surface area contributed by atoms with E-state index in [1.165, 1.54) is 6.42 Å². The summed E-state index contributed by atoms with van der Waals surface area (Å²) in [6, 6.07) is 1.81. The van der Waals surface area contributed by atoms with Gasteiger partial charge >= 0.3 is 6.03 Å². The van der Waals surface area contributed by atoms with Crippen molar-refractivity contribution in [2.45, 2.75) is 25.7 Å². The van der Waals surface area contributed by atoms with Crippen molar-refractivity contribution in [3.05, 3.63) is 12.3 Å². The van der Waals surface area contributed by atoms with Crippen LogP contribution in [-0.2, 0) is 11.8 Å². The predicted octanol–water partition coefficient (Wildman–Crippen LogP) is 2.09. The summed E-state index contributed by atoms with van der Waals surface area (Å²) in [7, 11) is 1.83. The van der Waals surface area contributed by atoms with Gasteiger partial charge < -0.3 is 9.64 Å². The number of aromatic nitrogens is 2. The number of carbonyl (C=O) groups excluding carboxylic acids is 1. The fourth-order valence-corrected chi connectivity index (χ4v) is 3.45. The summed E-state index contributed by atoms with van der Waals surface area (Å²) in [5.74, 6) is 2.08. The van der Waals surface area contributed by atoms with Gasteiger partial charge in [-0.15, -0.1) is 0 Å². The average molecular weight is 292 g/mol. The van der Waals surface area contributed by atoms with Gasteiger partial charge in [-0.2, -0.15) is 5.10 Å². The molecule has 2 saturated heterocycles. The zero-order valence-corrected chi connectivity index (χ0v) is 12.6. The number of aryl methyl sites for hydroxylation is 1. The third kappa shape index (κ3) is 3.37. The number of hydrogen-bond donors (Lipinski definition) is 1. The smallest absolute Gasteiger partial charge is 0.323 e. The highest BCUT2D eigenvalue weighted by Crippen LogP contribution is 2.31. The molecule has 3 heterocycles. The Morgan fingerprint density at radius 2 is 2.14 bits per heavy atom. The highest BCUT2D eigenvalue weighted by molar-refractivity contribution is 5.88. The molecule has 0 spiro atoms. The number of piperidine rings is 1. The molecule has 21 heavy (non-hydrogen) atoms. The van der Waals surface area contributed by atoms with Gasteiger partial charge in [-0.1, -0.05) is 0 Å². The summed E-state index contributed by atoms with van der Waals surface area (Å²) >= 11 is 0. The lowest BCUT2D eigenvalue weighted by Crippen LogP contribution is -2.45. The molecular weight excluding hydrogens is 268 g/mol. The zero-order valence-electron chi connectivity index (χ0n) is 12.6. The predicted molar refractivity (Wildman–Crippen MR) is 80.1 cm³/mol. The van der Waals surface area contributed by atoms with Gasteiger partial charge in [-0.05, 0) is 37.5 Å². The second-order valence-electron chi connectivity index (χ2n) is 6.07. The number of nitrogens with one attached hydrogen (secondary N) is 1. The Hall–Kier alpha value is -1.56. The van der Waals surface area contributed by atoms with Crippen molar-refractivity contribution >= 4 is 11.8 Å². The van der Waals surface area contributed by atoms with Gasteiger partial charge in [0.15, 0.2) is 0 Å². The van der Waals surface area contributed by atoms with Crippen LogP contribution in [0.5, 0.6) is 0 Å². The number of amides is 2. The van der Waals surface area contributed by atoms with Crippen LogP contribution in [0.2, 0.25) is 0 Å². The molecule has 2 amide bonds. The summed E-state index contributed by atoms with van der Waals surface area (Å²) in [6.07, 6.45) is 6.31. The third-order valence-electron chi connectivity index (χ3n) is 4.73. The van der Waals surface area contributed by atoms with Crippen LogP contribution >= 0.6 is 0 Å². The number of likely N-dealkylation sites (tertiary alicyclic amines) is 1. The lowest BCUT2D eigenvalue weighted by atomic mass is 9.81. The topological polar surface area (TPSA) is 59.4 Å². The monoisotopic (exact) mass is 292 g/mol. The normalized spacial score (nSPS) is 24.0. The van der Waals surface area contributed by atoms with Crippen LogP contribution in [0, 0.1) is 11.8 Å². The second-order valence-corrected chi connectivity index (χ2v) is 6.07. The molecule has 116 valence electrons. The van der Waals surface area contributed by atoms with Crippen LogP contribution in [0.15, 0.2) is 12.3 Å². The van der Waals surface area contributed by atoms with Gasteiger partial charge in [0, 0.05) is 39.4 Å². The maximum Gasteiger partial charge on any atom is 0.323 e. The molecular formula is C15H24N4O2. The van der Waals surface area contributed by atoms with E-state index in [1.807, 2.05) is 18.0 Å². The molecule has 2 aliphatic heterocycles. The van der Waals surface area contributed by atoms with Crippen LogP contribution in [0.3, 0.4) is 0 Å². The van der Waals surface area contributed by atoms with Crippen molar-refractivity contribution < 1.29 is 9.53 Å². The number of urea groups is 1. The van der Waals surface area contributed by atoms with Gasteiger partial charge in [-0.25, -0.2) is 4.79 Å². The highest BCUT2D eigenvalue weighted by Gasteiger charge is 2.30. The Morgan fingerprint density at radius 3 is 2.86 bits per heavy atom. The molecule has 3 rings (SSSR count). The van der Waals surface area contributed by atoms with E-state index in [1.54, 1.807) is 10.9 Å². The van der Waals surface area contributed by atoms with Crippen LogP contribution in [0.25, 0.3) is 0 Å². The third-order valence-corrected chi connectivity index (χ3v) is 4.73. The summed E-state index contributed by atoms with van der Waals surface area (Å²) in [4.78, 5) is 14.4. The number of hydrogen-bond acceptors (Lipinski definition) is 3. The Morgan fingerprint density at radius 1 is 1.33 bits per heavy atom. The molecule has 0 radical (unpaired) electrons. The standard InChI is InChI=1S/C15H24N4O2/c1-18-14(4-7-16-18)17-15(20)19-8-2-3-13(11-19)12-5-9-21-10-6-12/h4,7,12-13H,2-3,5-6,8-11H2,1H3,(H,17,20). The van der Waals surface area contributed by atoms with Crippen LogP contribution < -0.4 is 5.32 Å². The number of rotatable bonds is 2. The van der Waals surface area contributed by atoms with Gasteiger partial charge in [0.05, 0.1) is 6.20 Å². The van der Waals surface area contributed by atoms with E-state index in [-0.39, 0.29) is 6.03 Å². The van der Waals surface area contributed by atoms with E-state index in [9.17, 15) is 4.79 Å². The summed E-state index contributed by atoms with van der Waals surface area (Å²) in [5, 5.41) is 7.02. The van der Waals surface area contributed by atoms with Gasteiger partial charge in [0.25, 0.3) is 0 Å². The maximum atomic E-state index is 12.4. The first-order valence-electron chi connectivity index (χ1n) is 7.85. The Balaban J connectivity index is 1.57. The van der Waals surface area contributed by atoms with Crippen molar-refractivity contribution in [1.82, 2.24) is 14.7 Å². The Labute approximate surface area is 125 Å². The first-order chi connectivity index (χ1) is 10.2. The lowest BCUT2D eigenvalue weighted by molar-refractivity contribution is 0.0322. The highest BCUT2D eigenvalue weighted by atomic mass is 16.5. The summed E-state index contributed by atoms with van der Waals surface area (Å²) in [5.41, 5.74) is 0. The number of nitrogens with zero attached hydrogens (tertiary/aromatic N) is 3. The number of ether oxygens (including phenoxy) is 1. The second kappa shape index (κ2) is 6.47. The van der Waals surface area contributed by atoms with E-state index in [4.69, 9.17) is 4.74 Å². The number of anilines is 1.